The molecule has 0 radical (unpaired) electrons. The summed E-state index contributed by atoms with van der Waals surface area (Å²) in [5, 5.41) is 3.23. The van der Waals surface area contributed by atoms with Crippen LogP contribution >= 0.6 is 12.2 Å². The van der Waals surface area contributed by atoms with Crippen LogP contribution < -0.4 is 11.1 Å². The molecule has 0 aromatic heterocycles. The van der Waals surface area contributed by atoms with Crippen LogP contribution in [0.25, 0.3) is 0 Å². The molecule has 19 heavy (non-hydrogen) atoms. The Kier molecular flexibility index (Phi) is 4.74. The smallest absolute Gasteiger partial charge is 0.224 e. The molecule has 1 aromatic rings. The van der Waals surface area contributed by atoms with Gasteiger partial charge >= 0.3 is 0 Å². The van der Waals surface area contributed by atoms with Gasteiger partial charge in [0.15, 0.2) is 0 Å². The SMILES string of the molecule is NC(=S)c1ccc(NCCC(=O)N2CCCC2)cc1. The van der Waals surface area contributed by atoms with Crippen LogP contribution in [0.15, 0.2) is 24.3 Å². The number of rotatable bonds is 5. The summed E-state index contributed by atoms with van der Waals surface area (Å²) in [7, 11) is 0. The minimum atomic E-state index is 0.241. The highest BCUT2D eigenvalue weighted by Gasteiger charge is 2.16. The van der Waals surface area contributed by atoms with E-state index in [9.17, 15) is 4.79 Å². The van der Waals surface area contributed by atoms with Crippen molar-refractivity contribution in [3.63, 3.8) is 0 Å². The topological polar surface area (TPSA) is 58.4 Å². The number of carbonyl (C=O) groups excluding carboxylic acids is 1. The summed E-state index contributed by atoms with van der Waals surface area (Å²) in [6.07, 6.45) is 2.82. The molecule has 2 rings (SSSR count). The number of anilines is 1. The van der Waals surface area contributed by atoms with Crippen molar-refractivity contribution < 1.29 is 4.79 Å². The number of likely N-dealkylation sites (tertiary alicyclic amines) is 1. The predicted molar refractivity (Wildman–Crippen MR) is 81.3 cm³/mol. The van der Waals surface area contributed by atoms with Gasteiger partial charge in [-0.05, 0) is 37.1 Å². The van der Waals surface area contributed by atoms with Crippen LogP contribution in [0.3, 0.4) is 0 Å². The summed E-state index contributed by atoms with van der Waals surface area (Å²) < 4.78 is 0. The first-order valence-electron chi connectivity index (χ1n) is 6.58. The molecular formula is C14H19N3OS. The van der Waals surface area contributed by atoms with Crippen LogP contribution in [0, 0.1) is 0 Å². The van der Waals surface area contributed by atoms with Gasteiger partial charge in [-0.2, -0.15) is 0 Å². The van der Waals surface area contributed by atoms with Gasteiger partial charge in [0.25, 0.3) is 0 Å². The number of nitrogens with zero attached hydrogens (tertiary/aromatic N) is 1. The summed E-state index contributed by atoms with van der Waals surface area (Å²) in [6.45, 7) is 2.49. The zero-order valence-corrected chi connectivity index (χ0v) is 11.7. The maximum absolute atomic E-state index is 11.8. The molecule has 0 bridgehead atoms. The fourth-order valence-corrected chi connectivity index (χ4v) is 2.33. The first-order valence-corrected chi connectivity index (χ1v) is 6.99. The van der Waals surface area contributed by atoms with E-state index in [-0.39, 0.29) is 5.91 Å². The van der Waals surface area contributed by atoms with Crippen molar-refractivity contribution in [3.8, 4) is 0 Å². The highest BCUT2D eigenvalue weighted by Crippen LogP contribution is 2.11. The van der Waals surface area contributed by atoms with Gasteiger partial charge in [0, 0.05) is 37.3 Å². The second-order valence-electron chi connectivity index (χ2n) is 4.71. The number of nitrogens with two attached hydrogens (primary N) is 1. The zero-order valence-electron chi connectivity index (χ0n) is 10.9. The maximum atomic E-state index is 11.8. The molecular weight excluding hydrogens is 258 g/mol. The van der Waals surface area contributed by atoms with Gasteiger partial charge in [-0.15, -0.1) is 0 Å². The molecule has 102 valence electrons. The Hall–Kier alpha value is -1.62. The summed E-state index contributed by atoms with van der Waals surface area (Å²) in [6, 6.07) is 7.61. The van der Waals surface area contributed by atoms with Crippen molar-refractivity contribution in [3.05, 3.63) is 29.8 Å². The van der Waals surface area contributed by atoms with Crippen molar-refractivity contribution in [1.29, 1.82) is 0 Å². The number of hydrogen-bond acceptors (Lipinski definition) is 3. The third-order valence-corrected chi connectivity index (χ3v) is 3.53. The lowest BCUT2D eigenvalue weighted by molar-refractivity contribution is -0.129. The number of thiocarbonyl (C=S) groups is 1. The van der Waals surface area contributed by atoms with Crippen LogP contribution in [0.4, 0.5) is 5.69 Å². The van der Waals surface area contributed by atoms with Crippen LogP contribution in [0.2, 0.25) is 0 Å². The van der Waals surface area contributed by atoms with Crippen molar-refractivity contribution in [2.75, 3.05) is 25.0 Å². The Bertz CT molecular complexity index is 452. The lowest BCUT2D eigenvalue weighted by Gasteiger charge is -2.15. The van der Waals surface area contributed by atoms with Crippen molar-refractivity contribution in [2.45, 2.75) is 19.3 Å². The van der Waals surface area contributed by atoms with Crippen LogP contribution in [-0.2, 0) is 4.79 Å². The highest BCUT2D eigenvalue weighted by molar-refractivity contribution is 7.80. The van der Waals surface area contributed by atoms with Gasteiger partial charge in [-0.25, -0.2) is 0 Å². The molecule has 1 heterocycles. The van der Waals surface area contributed by atoms with Gasteiger partial charge in [-0.3, -0.25) is 4.79 Å². The van der Waals surface area contributed by atoms with E-state index in [2.05, 4.69) is 5.32 Å². The number of carbonyl (C=O) groups is 1. The Morgan fingerprint density at radius 3 is 2.47 bits per heavy atom. The second kappa shape index (κ2) is 6.52. The predicted octanol–water partition coefficient (Wildman–Crippen LogP) is 1.75. The van der Waals surface area contributed by atoms with Gasteiger partial charge in [0.2, 0.25) is 5.91 Å². The Labute approximate surface area is 119 Å². The van der Waals surface area contributed by atoms with Crippen LogP contribution in [0.5, 0.6) is 0 Å². The van der Waals surface area contributed by atoms with E-state index >= 15 is 0 Å². The average molecular weight is 277 g/mol. The molecule has 0 aliphatic carbocycles. The van der Waals surface area contributed by atoms with E-state index < -0.39 is 0 Å². The van der Waals surface area contributed by atoms with Crippen molar-refractivity contribution >= 4 is 28.8 Å². The third kappa shape index (κ3) is 3.92. The number of hydrogen-bond donors (Lipinski definition) is 2. The fourth-order valence-electron chi connectivity index (χ4n) is 2.19. The molecule has 0 spiro atoms. The van der Waals surface area contributed by atoms with E-state index in [0.29, 0.717) is 18.0 Å². The average Bonchev–Trinajstić information content (AvgIpc) is 2.93. The van der Waals surface area contributed by atoms with E-state index in [1.54, 1.807) is 0 Å². The maximum Gasteiger partial charge on any atom is 0.224 e. The van der Waals surface area contributed by atoms with Crippen molar-refractivity contribution in [1.82, 2.24) is 4.90 Å². The number of nitrogens with one attached hydrogen (secondary N) is 1. The minimum Gasteiger partial charge on any atom is -0.389 e. The molecule has 0 saturated carbocycles. The molecule has 1 aliphatic rings. The van der Waals surface area contributed by atoms with Gasteiger partial charge < -0.3 is 16.0 Å². The highest BCUT2D eigenvalue weighted by atomic mass is 32.1. The molecule has 5 heteroatoms. The molecule has 4 nitrogen and oxygen atoms in total. The molecule has 3 N–H and O–H groups in total. The van der Waals surface area contributed by atoms with E-state index in [1.807, 2.05) is 29.2 Å². The largest absolute Gasteiger partial charge is 0.389 e. The first kappa shape index (κ1) is 13.8. The van der Waals surface area contributed by atoms with Crippen molar-refractivity contribution in [2.24, 2.45) is 5.73 Å². The fraction of sp³-hybridized carbons (Fsp3) is 0.429. The van der Waals surface area contributed by atoms with E-state index in [0.717, 1.165) is 37.2 Å². The minimum absolute atomic E-state index is 0.241. The first-order chi connectivity index (χ1) is 9.16. The standard InChI is InChI=1S/C14H19N3OS/c15-14(19)11-3-5-12(6-4-11)16-8-7-13(18)17-9-1-2-10-17/h3-6,16H,1-2,7-10H2,(H2,15,19). The zero-order chi connectivity index (χ0) is 13.7. The molecule has 0 atom stereocenters. The molecule has 0 unspecified atom stereocenters. The molecule has 1 aromatic carbocycles. The number of benzene rings is 1. The molecule has 1 amide bonds. The number of amides is 1. The molecule has 1 saturated heterocycles. The van der Waals surface area contributed by atoms with Crippen LogP contribution in [-0.4, -0.2) is 35.4 Å². The Morgan fingerprint density at radius 1 is 1.26 bits per heavy atom. The third-order valence-electron chi connectivity index (χ3n) is 3.30. The molecule has 1 aliphatic heterocycles. The van der Waals surface area contributed by atoms with Gasteiger partial charge in [0.05, 0.1) is 0 Å². The summed E-state index contributed by atoms with van der Waals surface area (Å²) >= 11 is 4.90. The van der Waals surface area contributed by atoms with E-state index in [4.69, 9.17) is 18.0 Å². The lowest BCUT2D eigenvalue weighted by Crippen LogP contribution is -2.29. The van der Waals surface area contributed by atoms with Crippen LogP contribution in [0.1, 0.15) is 24.8 Å². The Balaban J connectivity index is 1.75. The van der Waals surface area contributed by atoms with Gasteiger partial charge in [-0.1, -0.05) is 12.2 Å². The summed E-state index contributed by atoms with van der Waals surface area (Å²) in [5.41, 5.74) is 7.37. The normalized spacial score (nSPS) is 14.4. The Morgan fingerprint density at radius 2 is 1.89 bits per heavy atom. The monoisotopic (exact) mass is 277 g/mol. The van der Waals surface area contributed by atoms with Gasteiger partial charge in [0.1, 0.15) is 4.99 Å². The quantitative estimate of drug-likeness (QED) is 0.805. The molecule has 1 fully saturated rings. The summed E-state index contributed by atoms with van der Waals surface area (Å²) in [4.78, 5) is 14.2. The summed E-state index contributed by atoms with van der Waals surface area (Å²) in [5.74, 6) is 0.241. The van der Waals surface area contributed by atoms with E-state index in [1.165, 1.54) is 0 Å². The lowest BCUT2D eigenvalue weighted by atomic mass is 10.2. The second-order valence-corrected chi connectivity index (χ2v) is 5.15.